The van der Waals surface area contributed by atoms with Gasteiger partial charge in [0.1, 0.15) is 5.92 Å². The van der Waals surface area contributed by atoms with Crippen molar-refractivity contribution in [3.63, 3.8) is 0 Å². The Balaban J connectivity index is 2.48. The number of carbonyl (C=O) groups excluding carboxylic acids is 1. The van der Waals surface area contributed by atoms with Crippen LogP contribution in [0.1, 0.15) is 27.4 Å². The predicted molar refractivity (Wildman–Crippen MR) is 80.3 cm³/mol. The van der Waals surface area contributed by atoms with Crippen LogP contribution in [0.5, 0.6) is 0 Å². The van der Waals surface area contributed by atoms with Crippen LogP contribution in [0.3, 0.4) is 0 Å². The number of benzene rings is 2. The number of nitrogens with zero attached hydrogens (tertiary/aromatic N) is 1. The van der Waals surface area contributed by atoms with Gasteiger partial charge in [0.25, 0.3) is 0 Å². The van der Waals surface area contributed by atoms with E-state index in [1.165, 1.54) is 6.07 Å². The van der Waals surface area contributed by atoms with Crippen molar-refractivity contribution in [3.8, 4) is 6.07 Å². The maximum atomic E-state index is 12.5. The number of ketones is 1. The molecule has 0 radical (unpaired) electrons. The SMILES string of the molecule is Cc1ccccc1C(C#N)C(=O)c1cc(Cl)ccc1Cl. The van der Waals surface area contributed by atoms with Crippen LogP contribution in [0.25, 0.3) is 0 Å². The van der Waals surface area contributed by atoms with Crippen molar-refractivity contribution in [2.45, 2.75) is 12.8 Å². The lowest BCUT2D eigenvalue weighted by Gasteiger charge is -2.12. The summed E-state index contributed by atoms with van der Waals surface area (Å²) in [6.45, 7) is 1.87. The lowest BCUT2D eigenvalue weighted by atomic mass is 9.89. The molecule has 0 bridgehead atoms. The summed E-state index contributed by atoms with van der Waals surface area (Å²) < 4.78 is 0. The maximum Gasteiger partial charge on any atom is 0.186 e. The largest absolute Gasteiger partial charge is 0.292 e. The Morgan fingerprint density at radius 2 is 1.90 bits per heavy atom. The Hall–Kier alpha value is -1.82. The molecule has 0 aliphatic rings. The van der Waals surface area contributed by atoms with E-state index in [0.717, 1.165) is 5.56 Å². The van der Waals surface area contributed by atoms with Crippen LogP contribution in [0.2, 0.25) is 10.0 Å². The second-order valence-electron chi connectivity index (χ2n) is 4.41. The number of rotatable bonds is 3. The Morgan fingerprint density at radius 1 is 1.20 bits per heavy atom. The zero-order valence-electron chi connectivity index (χ0n) is 10.7. The lowest BCUT2D eigenvalue weighted by Crippen LogP contribution is -2.13. The van der Waals surface area contributed by atoms with Gasteiger partial charge in [-0.2, -0.15) is 5.26 Å². The van der Waals surface area contributed by atoms with Gasteiger partial charge in [0.2, 0.25) is 0 Å². The van der Waals surface area contributed by atoms with Gasteiger partial charge in [-0.3, -0.25) is 4.79 Å². The Bertz CT molecular complexity index is 704. The van der Waals surface area contributed by atoms with Crippen molar-refractivity contribution in [1.29, 1.82) is 5.26 Å². The Kier molecular flexibility index (Phi) is 4.44. The predicted octanol–water partition coefficient (Wildman–Crippen LogP) is 4.79. The quantitative estimate of drug-likeness (QED) is 0.765. The smallest absolute Gasteiger partial charge is 0.186 e. The highest BCUT2D eigenvalue weighted by atomic mass is 35.5. The van der Waals surface area contributed by atoms with E-state index in [-0.39, 0.29) is 11.3 Å². The summed E-state index contributed by atoms with van der Waals surface area (Å²) in [7, 11) is 0. The second-order valence-corrected chi connectivity index (χ2v) is 5.25. The minimum Gasteiger partial charge on any atom is -0.292 e. The molecule has 1 atom stereocenters. The Labute approximate surface area is 127 Å². The summed E-state index contributed by atoms with van der Waals surface area (Å²) in [5.74, 6) is -1.22. The molecule has 0 amide bonds. The first-order valence-electron chi connectivity index (χ1n) is 5.99. The summed E-state index contributed by atoms with van der Waals surface area (Å²) in [4.78, 5) is 12.5. The average molecular weight is 304 g/mol. The Morgan fingerprint density at radius 3 is 2.55 bits per heavy atom. The molecule has 0 aliphatic heterocycles. The van der Waals surface area contributed by atoms with Crippen LogP contribution in [0, 0.1) is 18.3 Å². The van der Waals surface area contributed by atoms with E-state index >= 15 is 0 Å². The molecule has 0 fully saturated rings. The summed E-state index contributed by atoms with van der Waals surface area (Å²) >= 11 is 11.9. The van der Waals surface area contributed by atoms with Gasteiger partial charge in [0.15, 0.2) is 5.78 Å². The average Bonchev–Trinajstić information content (AvgIpc) is 2.44. The monoisotopic (exact) mass is 303 g/mol. The van der Waals surface area contributed by atoms with Gasteiger partial charge in [0.05, 0.1) is 11.1 Å². The lowest BCUT2D eigenvalue weighted by molar-refractivity contribution is 0.0979. The number of carbonyl (C=O) groups is 1. The van der Waals surface area contributed by atoms with Gasteiger partial charge in [-0.15, -0.1) is 0 Å². The van der Waals surface area contributed by atoms with Gasteiger partial charge >= 0.3 is 0 Å². The fraction of sp³-hybridized carbons (Fsp3) is 0.125. The third-order valence-corrected chi connectivity index (χ3v) is 3.65. The molecule has 0 aliphatic carbocycles. The van der Waals surface area contributed by atoms with Crippen molar-refractivity contribution >= 4 is 29.0 Å². The highest BCUT2D eigenvalue weighted by Gasteiger charge is 2.25. The zero-order valence-corrected chi connectivity index (χ0v) is 12.2. The minimum atomic E-state index is -0.882. The standard InChI is InChI=1S/C16H11Cl2NO/c1-10-4-2-3-5-12(10)14(9-19)16(20)13-8-11(17)6-7-15(13)18/h2-8,14H,1H3. The molecular weight excluding hydrogens is 293 g/mol. The van der Waals surface area contributed by atoms with Crippen molar-refractivity contribution in [2.24, 2.45) is 0 Å². The highest BCUT2D eigenvalue weighted by Crippen LogP contribution is 2.28. The molecular formula is C16H11Cl2NO. The van der Waals surface area contributed by atoms with Crippen LogP contribution in [0.4, 0.5) is 0 Å². The van der Waals surface area contributed by atoms with Gasteiger partial charge in [-0.25, -0.2) is 0 Å². The third kappa shape index (κ3) is 2.85. The first-order chi connectivity index (χ1) is 9.54. The molecule has 0 heterocycles. The molecule has 0 saturated carbocycles. The number of hydrogen-bond acceptors (Lipinski definition) is 2. The second kappa shape index (κ2) is 6.09. The molecule has 100 valence electrons. The molecule has 2 aromatic carbocycles. The number of nitriles is 1. The fourth-order valence-electron chi connectivity index (χ4n) is 2.02. The van der Waals surface area contributed by atoms with E-state index in [1.54, 1.807) is 24.3 Å². The molecule has 2 nitrogen and oxygen atoms in total. The summed E-state index contributed by atoms with van der Waals surface area (Å²) in [6.07, 6.45) is 0. The maximum absolute atomic E-state index is 12.5. The van der Waals surface area contributed by atoms with Gasteiger partial charge in [-0.05, 0) is 36.2 Å². The van der Waals surface area contributed by atoms with Gasteiger partial charge in [0, 0.05) is 10.6 Å². The summed E-state index contributed by atoms with van der Waals surface area (Å²) in [5.41, 5.74) is 1.86. The molecule has 0 N–H and O–H groups in total. The van der Waals surface area contributed by atoms with E-state index in [1.807, 2.05) is 19.1 Å². The number of Topliss-reactive ketones (excluding diaryl/α,β-unsaturated/α-hetero) is 1. The zero-order chi connectivity index (χ0) is 14.7. The van der Waals surface area contributed by atoms with E-state index in [0.29, 0.717) is 15.6 Å². The molecule has 1 unspecified atom stereocenters. The van der Waals surface area contributed by atoms with Gasteiger partial charge < -0.3 is 0 Å². The summed E-state index contributed by atoms with van der Waals surface area (Å²) in [5, 5.41) is 10.1. The van der Waals surface area contributed by atoms with Crippen LogP contribution in [-0.2, 0) is 0 Å². The topological polar surface area (TPSA) is 40.9 Å². The van der Waals surface area contributed by atoms with Crippen molar-refractivity contribution in [3.05, 3.63) is 69.2 Å². The van der Waals surface area contributed by atoms with E-state index in [2.05, 4.69) is 6.07 Å². The first kappa shape index (κ1) is 14.6. The van der Waals surface area contributed by atoms with Crippen LogP contribution in [0.15, 0.2) is 42.5 Å². The van der Waals surface area contributed by atoms with Crippen molar-refractivity contribution in [1.82, 2.24) is 0 Å². The van der Waals surface area contributed by atoms with Gasteiger partial charge in [-0.1, -0.05) is 47.5 Å². The fourth-order valence-corrected chi connectivity index (χ4v) is 2.40. The van der Waals surface area contributed by atoms with Crippen LogP contribution < -0.4 is 0 Å². The number of hydrogen-bond donors (Lipinski definition) is 0. The molecule has 4 heteroatoms. The molecule has 0 aromatic heterocycles. The molecule has 20 heavy (non-hydrogen) atoms. The molecule has 2 rings (SSSR count). The van der Waals surface area contributed by atoms with E-state index in [9.17, 15) is 10.1 Å². The third-order valence-electron chi connectivity index (χ3n) is 3.08. The normalized spacial score (nSPS) is 11.7. The molecule has 2 aromatic rings. The van der Waals surface area contributed by atoms with Crippen molar-refractivity contribution in [2.75, 3.05) is 0 Å². The van der Waals surface area contributed by atoms with Crippen LogP contribution >= 0.6 is 23.2 Å². The molecule has 0 saturated heterocycles. The van der Waals surface area contributed by atoms with Crippen LogP contribution in [-0.4, -0.2) is 5.78 Å². The minimum absolute atomic E-state index is 0.272. The first-order valence-corrected chi connectivity index (χ1v) is 6.74. The van der Waals surface area contributed by atoms with E-state index < -0.39 is 5.92 Å². The number of aryl methyl sites for hydroxylation is 1. The van der Waals surface area contributed by atoms with E-state index in [4.69, 9.17) is 23.2 Å². The van der Waals surface area contributed by atoms with Crippen molar-refractivity contribution < 1.29 is 4.79 Å². The summed E-state index contributed by atoms with van der Waals surface area (Å²) in [6, 6.07) is 14.0. The highest BCUT2D eigenvalue weighted by molar-refractivity contribution is 6.36. The number of halogens is 2. The molecule has 0 spiro atoms.